The summed E-state index contributed by atoms with van der Waals surface area (Å²) >= 11 is 0. The fourth-order valence-electron chi connectivity index (χ4n) is 2.64. The largest absolute Gasteiger partial charge is 0.339 e. The summed E-state index contributed by atoms with van der Waals surface area (Å²) in [6.07, 6.45) is 4.44. The van der Waals surface area contributed by atoms with Crippen LogP contribution < -0.4 is 0 Å². The fourth-order valence-corrected chi connectivity index (χ4v) is 3.54. The summed E-state index contributed by atoms with van der Waals surface area (Å²) in [4.78, 5) is 14.4. The van der Waals surface area contributed by atoms with Gasteiger partial charge in [0.05, 0.1) is 4.90 Å². The summed E-state index contributed by atoms with van der Waals surface area (Å²) < 4.78 is 25.1. The van der Waals surface area contributed by atoms with Crippen LogP contribution in [0.25, 0.3) is 0 Å². The van der Waals surface area contributed by atoms with E-state index in [4.69, 9.17) is 0 Å². The standard InChI is InChI=1S/C15H22N2O3S/c1-16(2)21(19,20)14-10-8-12(9-11-14)15(18)17(3)13-6-4-5-7-13/h8-11,13H,4-7H2,1-3H3. The Bertz CT molecular complexity index is 602. The Morgan fingerprint density at radius 2 is 1.57 bits per heavy atom. The van der Waals surface area contributed by atoms with Gasteiger partial charge in [-0.15, -0.1) is 0 Å². The normalized spacial score (nSPS) is 16.4. The average molecular weight is 310 g/mol. The first-order valence-electron chi connectivity index (χ1n) is 7.14. The number of carbonyl (C=O) groups excluding carboxylic acids is 1. The van der Waals surface area contributed by atoms with Gasteiger partial charge < -0.3 is 4.90 Å². The highest BCUT2D eigenvalue weighted by atomic mass is 32.2. The van der Waals surface area contributed by atoms with Crippen molar-refractivity contribution in [2.24, 2.45) is 0 Å². The molecule has 0 atom stereocenters. The predicted octanol–water partition coefficient (Wildman–Crippen LogP) is 1.95. The van der Waals surface area contributed by atoms with Crippen molar-refractivity contribution in [2.75, 3.05) is 21.1 Å². The van der Waals surface area contributed by atoms with E-state index in [1.54, 1.807) is 17.0 Å². The lowest BCUT2D eigenvalue weighted by Crippen LogP contribution is -2.35. The van der Waals surface area contributed by atoms with E-state index in [0.29, 0.717) is 11.6 Å². The number of hydrogen-bond acceptors (Lipinski definition) is 3. The first-order chi connectivity index (χ1) is 9.84. The van der Waals surface area contributed by atoms with Crippen molar-refractivity contribution in [3.05, 3.63) is 29.8 Å². The summed E-state index contributed by atoms with van der Waals surface area (Å²) in [5, 5.41) is 0. The number of hydrogen-bond donors (Lipinski definition) is 0. The molecule has 2 rings (SSSR count). The molecule has 1 saturated carbocycles. The van der Waals surface area contributed by atoms with Gasteiger partial charge in [-0.25, -0.2) is 12.7 Å². The average Bonchev–Trinajstić information content (AvgIpc) is 3.00. The monoisotopic (exact) mass is 310 g/mol. The Hall–Kier alpha value is -1.40. The van der Waals surface area contributed by atoms with Crippen molar-refractivity contribution in [3.8, 4) is 0 Å². The van der Waals surface area contributed by atoms with Crippen LogP contribution in [0.15, 0.2) is 29.2 Å². The molecule has 0 aliphatic heterocycles. The van der Waals surface area contributed by atoms with E-state index < -0.39 is 10.0 Å². The number of nitrogens with zero attached hydrogens (tertiary/aromatic N) is 2. The number of benzene rings is 1. The van der Waals surface area contributed by atoms with Crippen LogP contribution in [0.3, 0.4) is 0 Å². The smallest absolute Gasteiger partial charge is 0.253 e. The lowest BCUT2D eigenvalue weighted by Gasteiger charge is -2.24. The van der Waals surface area contributed by atoms with Crippen LogP contribution >= 0.6 is 0 Å². The molecule has 0 bridgehead atoms. The van der Waals surface area contributed by atoms with Gasteiger partial charge in [0, 0.05) is 32.7 Å². The molecule has 0 aromatic heterocycles. The van der Waals surface area contributed by atoms with Crippen molar-refractivity contribution < 1.29 is 13.2 Å². The van der Waals surface area contributed by atoms with E-state index >= 15 is 0 Å². The summed E-state index contributed by atoms with van der Waals surface area (Å²) in [7, 11) is 1.35. The molecule has 1 fully saturated rings. The molecule has 1 amide bonds. The third-order valence-electron chi connectivity index (χ3n) is 4.07. The van der Waals surface area contributed by atoms with Crippen molar-refractivity contribution >= 4 is 15.9 Å². The zero-order valence-corrected chi connectivity index (χ0v) is 13.6. The molecule has 0 saturated heterocycles. The third-order valence-corrected chi connectivity index (χ3v) is 5.90. The summed E-state index contributed by atoms with van der Waals surface area (Å²) in [5.41, 5.74) is 0.530. The lowest BCUT2D eigenvalue weighted by molar-refractivity contribution is 0.0735. The van der Waals surface area contributed by atoms with Gasteiger partial charge >= 0.3 is 0 Å². The molecule has 5 nitrogen and oxygen atoms in total. The number of carbonyl (C=O) groups is 1. The Morgan fingerprint density at radius 1 is 1.05 bits per heavy atom. The van der Waals surface area contributed by atoms with Gasteiger partial charge in [-0.3, -0.25) is 4.79 Å². The second kappa shape index (κ2) is 6.15. The molecular formula is C15H22N2O3S. The summed E-state index contributed by atoms with van der Waals surface area (Å²) in [6.45, 7) is 0. The van der Waals surface area contributed by atoms with E-state index in [9.17, 15) is 13.2 Å². The van der Waals surface area contributed by atoms with Crippen LogP contribution in [0.4, 0.5) is 0 Å². The maximum Gasteiger partial charge on any atom is 0.253 e. The summed E-state index contributed by atoms with van der Waals surface area (Å²) in [6, 6.07) is 6.47. The van der Waals surface area contributed by atoms with Crippen molar-refractivity contribution in [1.82, 2.24) is 9.21 Å². The molecule has 1 aliphatic carbocycles. The molecule has 0 spiro atoms. The third kappa shape index (κ3) is 3.27. The van der Waals surface area contributed by atoms with Crippen molar-refractivity contribution in [1.29, 1.82) is 0 Å². The van der Waals surface area contributed by atoms with E-state index in [1.807, 2.05) is 7.05 Å². The maximum atomic E-state index is 12.4. The second-order valence-corrected chi connectivity index (χ2v) is 7.82. The second-order valence-electron chi connectivity index (χ2n) is 5.67. The van der Waals surface area contributed by atoms with Gasteiger partial charge in [-0.1, -0.05) is 12.8 Å². The number of rotatable bonds is 4. The fraction of sp³-hybridized carbons (Fsp3) is 0.533. The first kappa shape index (κ1) is 16.0. The zero-order valence-electron chi connectivity index (χ0n) is 12.7. The molecule has 0 heterocycles. The van der Waals surface area contributed by atoms with E-state index in [0.717, 1.165) is 17.1 Å². The lowest BCUT2D eigenvalue weighted by atomic mass is 10.1. The number of sulfonamides is 1. The first-order valence-corrected chi connectivity index (χ1v) is 8.58. The van der Waals surface area contributed by atoms with Gasteiger partial charge in [-0.05, 0) is 37.1 Å². The van der Waals surface area contributed by atoms with Gasteiger partial charge in [-0.2, -0.15) is 0 Å². The molecular weight excluding hydrogens is 288 g/mol. The van der Waals surface area contributed by atoms with Gasteiger partial charge in [0.25, 0.3) is 5.91 Å². The predicted molar refractivity (Wildman–Crippen MR) is 81.7 cm³/mol. The molecule has 21 heavy (non-hydrogen) atoms. The Balaban J connectivity index is 2.17. The Morgan fingerprint density at radius 3 is 2.05 bits per heavy atom. The van der Waals surface area contributed by atoms with Crippen LogP contribution in [0.2, 0.25) is 0 Å². The SMILES string of the molecule is CN(C(=O)c1ccc(S(=O)(=O)N(C)C)cc1)C1CCCC1. The highest BCUT2D eigenvalue weighted by Crippen LogP contribution is 2.24. The topological polar surface area (TPSA) is 57.7 Å². The quantitative estimate of drug-likeness (QED) is 0.854. The van der Waals surface area contributed by atoms with E-state index in [2.05, 4.69) is 0 Å². The van der Waals surface area contributed by atoms with Gasteiger partial charge in [0.1, 0.15) is 0 Å². The van der Waals surface area contributed by atoms with Gasteiger partial charge in [0.15, 0.2) is 0 Å². The van der Waals surface area contributed by atoms with Crippen molar-refractivity contribution in [3.63, 3.8) is 0 Å². The summed E-state index contributed by atoms with van der Waals surface area (Å²) in [5.74, 6) is -0.0456. The van der Waals surface area contributed by atoms with Crippen LogP contribution in [0.5, 0.6) is 0 Å². The highest BCUT2D eigenvalue weighted by Gasteiger charge is 2.24. The minimum Gasteiger partial charge on any atom is -0.339 e. The Kier molecular flexibility index (Phi) is 4.68. The molecule has 116 valence electrons. The molecule has 1 aliphatic rings. The minimum absolute atomic E-state index is 0.0456. The van der Waals surface area contributed by atoms with Crippen LogP contribution in [0.1, 0.15) is 36.0 Å². The van der Waals surface area contributed by atoms with Crippen LogP contribution in [-0.4, -0.2) is 50.7 Å². The van der Waals surface area contributed by atoms with Crippen molar-refractivity contribution in [2.45, 2.75) is 36.6 Å². The van der Waals surface area contributed by atoms with Crippen LogP contribution in [0, 0.1) is 0 Å². The Labute approximate surface area is 126 Å². The maximum absolute atomic E-state index is 12.4. The molecule has 0 radical (unpaired) electrons. The van der Waals surface area contributed by atoms with E-state index in [1.165, 1.54) is 39.1 Å². The number of amides is 1. The molecule has 6 heteroatoms. The minimum atomic E-state index is -3.45. The molecule has 1 aromatic carbocycles. The molecule has 0 unspecified atom stereocenters. The highest BCUT2D eigenvalue weighted by molar-refractivity contribution is 7.89. The van der Waals surface area contributed by atoms with Gasteiger partial charge in [0.2, 0.25) is 10.0 Å². The molecule has 1 aromatic rings. The van der Waals surface area contributed by atoms with E-state index in [-0.39, 0.29) is 10.8 Å². The zero-order chi connectivity index (χ0) is 15.6. The molecule has 0 N–H and O–H groups in total. The van der Waals surface area contributed by atoms with Crippen LogP contribution in [-0.2, 0) is 10.0 Å².